The second kappa shape index (κ2) is 4.32. The maximum atomic E-state index is 12.2. The zero-order valence-electron chi connectivity index (χ0n) is 7.34. The minimum atomic E-state index is -4.33. The summed E-state index contributed by atoms with van der Waals surface area (Å²) in [5.74, 6) is 0.185. The van der Waals surface area contributed by atoms with Crippen LogP contribution in [0.1, 0.15) is 5.56 Å². The van der Waals surface area contributed by atoms with Crippen LogP contribution in [0.2, 0.25) is 0 Å². The fourth-order valence-electron chi connectivity index (χ4n) is 0.939. The van der Waals surface area contributed by atoms with Gasteiger partial charge in [0.25, 0.3) is 0 Å². The fourth-order valence-corrected chi connectivity index (χ4v) is 0.939. The topological polar surface area (TPSA) is 35.2 Å². The second-order valence-corrected chi connectivity index (χ2v) is 2.66. The molecule has 1 rings (SSSR count). The first-order valence-electron chi connectivity index (χ1n) is 4.04. The number of hydrogen-bond donors (Lipinski definition) is 1. The molecule has 5 heteroatoms. The minimum Gasteiger partial charge on any atom is -0.492 e. The van der Waals surface area contributed by atoms with E-state index in [0.29, 0.717) is 0 Å². The molecule has 1 aromatic carbocycles. The zero-order valence-corrected chi connectivity index (χ0v) is 7.34. The van der Waals surface area contributed by atoms with E-state index in [-0.39, 0.29) is 18.9 Å². The monoisotopic (exact) mass is 205 g/mol. The molecule has 0 aliphatic rings. The van der Waals surface area contributed by atoms with Crippen molar-refractivity contribution in [3.63, 3.8) is 0 Å². The van der Waals surface area contributed by atoms with E-state index >= 15 is 0 Å². The summed E-state index contributed by atoms with van der Waals surface area (Å²) in [6.45, 7) is 0.484. The van der Waals surface area contributed by atoms with Crippen molar-refractivity contribution in [1.82, 2.24) is 0 Å². The number of benzene rings is 1. The summed E-state index contributed by atoms with van der Waals surface area (Å²) < 4.78 is 41.6. The summed E-state index contributed by atoms with van der Waals surface area (Å²) >= 11 is 0. The Kier molecular flexibility index (Phi) is 3.35. The van der Waals surface area contributed by atoms with E-state index < -0.39 is 11.7 Å². The molecule has 0 saturated heterocycles. The van der Waals surface area contributed by atoms with Crippen LogP contribution in [0.3, 0.4) is 0 Å². The van der Waals surface area contributed by atoms with Gasteiger partial charge in [-0.05, 0) is 18.2 Å². The van der Waals surface area contributed by atoms with Gasteiger partial charge in [-0.2, -0.15) is 13.2 Å². The highest BCUT2D eigenvalue weighted by Crippen LogP contribution is 2.31. The molecule has 0 heterocycles. The van der Waals surface area contributed by atoms with Crippen molar-refractivity contribution < 1.29 is 17.9 Å². The first-order valence-corrected chi connectivity index (χ1v) is 4.04. The molecule has 0 bridgehead atoms. The SMILES string of the molecule is NCCOc1cccc(C(F)(F)F)c1. The van der Waals surface area contributed by atoms with E-state index in [0.717, 1.165) is 12.1 Å². The van der Waals surface area contributed by atoms with Gasteiger partial charge in [-0.1, -0.05) is 6.07 Å². The highest BCUT2D eigenvalue weighted by molar-refractivity contribution is 5.30. The summed E-state index contributed by atoms with van der Waals surface area (Å²) in [7, 11) is 0. The summed E-state index contributed by atoms with van der Waals surface area (Å²) in [6.07, 6.45) is -4.33. The largest absolute Gasteiger partial charge is 0.492 e. The zero-order chi connectivity index (χ0) is 10.6. The van der Waals surface area contributed by atoms with Crippen molar-refractivity contribution in [2.24, 2.45) is 5.73 Å². The molecule has 0 atom stereocenters. The summed E-state index contributed by atoms with van der Waals surface area (Å²) in [5.41, 5.74) is 4.44. The summed E-state index contributed by atoms with van der Waals surface area (Å²) in [4.78, 5) is 0. The predicted molar refractivity (Wildman–Crippen MR) is 46.0 cm³/mol. The van der Waals surface area contributed by atoms with Crippen molar-refractivity contribution in [1.29, 1.82) is 0 Å². The van der Waals surface area contributed by atoms with Crippen LogP contribution in [0.25, 0.3) is 0 Å². The normalized spacial score (nSPS) is 11.4. The second-order valence-electron chi connectivity index (χ2n) is 2.66. The van der Waals surface area contributed by atoms with Crippen molar-refractivity contribution in [3.05, 3.63) is 29.8 Å². The van der Waals surface area contributed by atoms with E-state index in [1.54, 1.807) is 0 Å². The maximum absolute atomic E-state index is 12.2. The van der Waals surface area contributed by atoms with E-state index in [4.69, 9.17) is 10.5 Å². The van der Waals surface area contributed by atoms with Crippen LogP contribution in [0.5, 0.6) is 5.75 Å². The standard InChI is InChI=1S/C9H10F3NO/c10-9(11,12)7-2-1-3-8(6-7)14-5-4-13/h1-3,6H,4-5,13H2. The molecule has 1 aromatic rings. The molecular formula is C9H10F3NO. The average molecular weight is 205 g/mol. The smallest absolute Gasteiger partial charge is 0.416 e. The van der Waals surface area contributed by atoms with Gasteiger partial charge < -0.3 is 10.5 Å². The van der Waals surface area contributed by atoms with Gasteiger partial charge in [0.05, 0.1) is 5.56 Å². The molecule has 0 aliphatic carbocycles. The molecule has 0 spiro atoms. The van der Waals surface area contributed by atoms with E-state index in [1.807, 2.05) is 0 Å². The third-order valence-electron chi connectivity index (χ3n) is 1.55. The van der Waals surface area contributed by atoms with Crippen molar-refractivity contribution in [2.45, 2.75) is 6.18 Å². The Labute approximate surface area is 79.5 Å². The van der Waals surface area contributed by atoms with Crippen LogP contribution in [-0.4, -0.2) is 13.2 Å². The van der Waals surface area contributed by atoms with Gasteiger partial charge in [0.1, 0.15) is 12.4 Å². The Hall–Kier alpha value is -1.23. The quantitative estimate of drug-likeness (QED) is 0.819. The molecule has 14 heavy (non-hydrogen) atoms. The molecule has 0 saturated carbocycles. The molecule has 0 aromatic heterocycles. The lowest BCUT2D eigenvalue weighted by molar-refractivity contribution is -0.137. The number of halogens is 3. The van der Waals surface area contributed by atoms with Crippen LogP contribution < -0.4 is 10.5 Å². The van der Waals surface area contributed by atoms with Gasteiger partial charge in [0.2, 0.25) is 0 Å². The molecule has 0 fully saturated rings. The Balaban J connectivity index is 2.79. The van der Waals surface area contributed by atoms with Crippen LogP contribution in [-0.2, 0) is 6.18 Å². The van der Waals surface area contributed by atoms with E-state index in [1.165, 1.54) is 12.1 Å². The average Bonchev–Trinajstić information content (AvgIpc) is 2.14. The van der Waals surface area contributed by atoms with Gasteiger partial charge in [-0.25, -0.2) is 0 Å². The van der Waals surface area contributed by atoms with Gasteiger partial charge in [-0.3, -0.25) is 0 Å². The van der Waals surface area contributed by atoms with Crippen molar-refractivity contribution >= 4 is 0 Å². The Bertz CT molecular complexity index is 298. The molecule has 2 nitrogen and oxygen atoms in total. The lowest BCUT2D eigenvalue weighted by atomic mass is 10.2. The third-order valence-corrected chi connectivity index (χ3v) is 1.55. The van der Waals surface area contributed by atoms with Crippen LogP contribution in [0.15, 0.2) is 24.3 Å². The Morgan fingerprint density at radius 1 is 1.29 bits per heavy atom. The van der Waals surface area contributed by atoms with Crippen LogP contribution >= 0.6 is 0 Å². The van der Waals surface area contributed by atoms with Crippen molar-refractivity contribution in [2.75, 3.05) is 13.2 Å². The Morgan fingerprint density at radius 2 is 2.00 bits per heavy atom. The highest BCUT2D eigenvalue weighted by atomic mass is 19.4. The first-order chi connectivity index (χ1) is 6.54. The van der Waals surface area contributed by atoms with Crippen molar-refractivity contribution in [3.8, 4) is 5.75 Å². The van der Waals surface area contributed by atoms with Gasteiger partial charge >= 0.3 is 6.18 Å². The number of alkyl halides is 3. The van der Waals surface area contributed by atoms with Gasteiger partial charge in [0, 0.05) is 6.54 Å². The first kappa shape index (κ1) is 10.8. The molecule has 0 amide bonds. The molecule has 0 aliphatic heterocycles. The lowest BCUT2D eigenvalue weighted by Gasteiger charge is -2.09. The number of hydrogen-bond acceptors (Lipinski definition) is 2. The van der Waals surface area contributed by atoms with Crippen LogP contribution in [0, 0.1) is 0 Å². The minimum absolute atomic E-state index is 0.185. The summed E-state index contributed by atoms with van der Waals surface area (Å²) in [6, 6.07) is 4.71. The Morgan fingerprint density at radius 3 is 2.57 bits per heavy atom. The molecular weight excluding hydrogens is 195 g/mol. The third kappa shape index (κ3) is 2.92. The lowest BCUT2D eigenvalue weighted by Crippen LogP contribution is -2.11. The number of nitrogens with two attached hydrogens (primary N) is 1. The predicted octanol–water partition coefficient (Wildman–Crippen LogP) is 2.04. The van der Waals surface area contributed by atoms with Gasteiger partial charge in [0.15, 0.2) is 0 Å². The molecule has 2 N–H and O–H groups in total. The van der Waals surface area contributed by atoms with E-state index in [2.05, 4.69) is 0 Å². The number of ether oxygens (including phenoxy) is 1. The molecule has 0 radical (unpaired) electrons. The van der Waals surface area contributed by atoms with Crippen LogP contribution in [0.4, 0.5) is 13.2 Å². The highest BCUT2D eigenvalue weighted by Gasteiger charge is 2.30. The number of rotatable bonds is 3. The van der Waals surface area contributed by atoms with Gasteiger partial charge in [-0.15, -0.1) is 0 Å². The fraction of sp³-hybridized carbons (Fsp3) is 0.333. The maximum Gasteiger partial charge on any atom is 0.416 e. The molecule has 78 valence electrons. The van der Waals surface area contributed by atoms with E-state index in [9.17, 15) is 13.2 Å². The summed E-state index contributed by atoms with van der Waals surface area (Å²) in [5, 5.41) is 0. The molecule has 0 unspecified atom stereocenters.